The molecule has 0 aliphatic heterocycles. The van der Waals surface area contributed by atoms with E-state index in [0.29, 0.717) is 12.2 Å². The zero-order valence-electron chi connectivity index (χ0n) is 11.9. The molecule has 4 nitrogen and oxygen atoms in total. The third-order valence-corrected chi connectivity index (χ3v) is 2.72. The molecule has 1 rings (SSSR count). The maximum atomic E-state index is 9.88. The highest BCUT2D eigenvalue weighted by Gasteiger charge is 2.13. The molecule has 1 aromatic carbocycles. The van der Waals surface area contributed by atoms with Gasteiger partial charge in [-0.25, -0.2) is 0 Å². The van der Waals surface area contributed by atoms with Gasteiger partial charge in [0.2, 0.25) is 0 Å². The van der Waals surface area contributed by atoms with E-state index in [1.807, 2.05) is 39.0 Å². The molecular weight excluding hydrogens is 244 g/mol. The molecule has 19 heavy (non-hydrogen) atoms. The second-order valence-electron chi connectivity index (χ2n) is 4.81. The first-order valence-corrected chi connectivity index (χ1v) is 6.74. The molecule has 0 amide bonds. The van der Waals surface area contributed by atoms with Crippen molar-refractivity contribution in [3.63, 3.8) is 0 Å². The van der Waals surface area contributed by atoms with Gasteiger partial charge in [0.1, 0.15) is 18.5 Å². The maximum Gasteiger partial charge on any atom is 0.125 e. The van der Waals surface area contributed by atoms with E-state index in [1.165, 1.54) is 0 Å². The van der Waals surface area contributed by atoms with E-state index in [0.717, 1.165) is 5.56 Å². The van der Waals surface area contributed by atoms with Gasteiger partial charge < -0.3 is 19.7 Å². The Morgan fingerprint density at radius 1 is 1.11 bits per heavy atom. The maximum absolute atomic E-state index is 9.88. The summed E-state index contributed by atoms with van der Waals surface area (Å²) in [5, 5.41) is 19.6. The van der Waals surface area contributed by atoms with Crippen LogP contribution in [0.15, 0.2) is 24.3 Å². The predicted molar refractivity (Wildman–Crippen MR) is 74.3 cm³/mol. The SMILES string of the molecule is CCC(O)c1ccccc1OCC(O)COC(C)C. The molecule has 0 aliphatic carbocycles. The Bertz CT molecular complexity index is 365. The first kappa shape index (κ1) is 16.0. The summed E-state index contributed by atoms with van der Waals surface area (Å²) in [4.78, 5) is 0. The van der Waals surface area contributed by atoms with Crippen LogP contribution in [-0.2, 0) is 4.74 Å². The highest BCUT2D eigenvalue weighted by molar-refractivity contribution is 5.35. The van der Waals surface area contributed by atoms with Crippen LogP contribution in [-0.4, -0.2) is 35.6 Å². The molecule has 0 fully saturated rings. The van der Waals surface area contributed by atoms with Gasteiger partial charge in [-0.05, 0) is 26.3 Å². The molecule has 2 N–H and O–H groups in total. The van der Waals surface area contributed by atoms with E-state index < -0.39 is 12.2 Å². The Kier molecular flexibility index (Phi) is 6.84. The topological polar surface area (TPSA) is 58.9 Å². The fourth-order valence-corrected chi connectivity index (χ4v) is 1.64. The van der Waals surface area contributed by atoms with Crippen molar-refractivity contribution in [1.29, 1.82) is 0 Å². The van der Waals surface area contributed by atoms with E-state index in [2.05, 4.69) is 0 Å². The summed E-state index contributed by atoms with van der Waals surface area (Å²) in [6.45, 7) is 6.14. The Labute approximate surface area is 115 Å². The normalized spacial score (nSPS) is 14.4. The summed E-state index contributed by atoms with van der Waals surface area (Å²) in [7, 11) is 0. The minimum atomic E-state index is -0.672. The molecular formula is C15H24O4. The first-order valence-electron chi connectivity index (χ1n) is 6.74. The molecule has 0 radical (unpaired) electrons. The van der Waals surface area contributed by atoms with Gasteiger partial charge >= 0.3 is 0 Å². The van der Waals surface area contributed by atoms with E-state index in [9.17, 15) is 10.2 Å². The van der Waals surface area contributed by atoms with Crippen LogP contribution in [0.4, 0.5) is 0 Å². The van der Waals surface area contributed by atoms with Crippen molar-refractivity contribution in [1.82, 2.24) is 0 Å². The van der Waals surface area contributed by atoms with Crippen LogP contribution < -0.4 is 4.74 Å². The molecule has 0 saturated carbocycles. The third kappa shape index (κ3) is 5.59. The average molecular weight is 268 g/mol. The van der Waals surface area contributed by atoms with Crippen LogP contribution in [0, 0.1) is 0 Å². The predicted octanol–water partition coefficient (Wildman–Crippen LogP) is 2.29. The number of hydrogen-bond donors (Lipinski definition) is 2. The van der Waals surface area contributed by atoms with Gasteiger partial charge in [-0.15, -0.1) is 0 Å². The van der Waals surface area contributed by atoms with Gasteiger partial charge in [0.25, 0.3) is 0 Å². The van der Waals surface area contributed by atoms with E-state index in [4.69, 9.17) is 9.47 Å². The first-order chi connectivity index (χ1) is 9.04. The van der Waals surface area contributed by atoms with Crippen LogP contribution in [0.5, 0.6) is 5.75 Å². The van der Waals surface area contributed by atoms with E-state index in [-0.39, 0.29) is 19.3 Å². The fraction of sp³-hybridized carbons (Fsp3) is 0.600. The summed E-state index contributed by atoms with van der Waals surface area (Å²) in [5.74, 6) is 0.612. The zero-order chi connectivity index (χ0) is 14.3. The lowest BCUT2D eigenvalue weighted by molar-refractivity contribution is -0.0127. The van der Waals surface area contributed by atoms with Crippen molar-refractivity contribution in [2.75, 3.05) is 13.2 Å². The number of hydrogen-bond acceptors (Lipinski definition) is 4. The van der Waals surface area contributed by atoms with Crippen molar-refractivity contribution in [2.45, 2.75) is 45.5 Å². The van der Waals surface area contributed by atoms with Gasteiger partial charge in [-0.1, -0.05) is 25.1 Å². The molecule has 0 bridgehead atoms. The van der Waals surface area contributed by atoms with Gasteiger partial charge in [-0.2, -0.15) is 0 Å². The molecule has 4 heteroatoms. The van der Waals surface area contributed by atoms with Gasteiger partial charge in [0, 0.05) is 5.56 Å². The third-order valence-electron chi connectivity index (χ3n) is 2.72. The second kappa shape index (κ2) is 8.15. The number of ether oxygens (including phenoxy) is 2. The fourth-order valence-electron chi connectivity index (χ4n) is 1.64. The smallest absolute Gasteiger partial charge is 0.125 e. The number of rotatable bonds is 8. The summed E-state index contributed by atoms with van der Waals surface area (Å²) >= 11 is 0. The van der Waals surface area contributed by atoms with Crippen molar-refractivity contribution >= 4 is 0 Å². The Hall–Kier alpha value is -1.10. The minimum absolute atomic E-state index is 0.0869. The van der Waals surface area contributed by atoms with Crippen LogP contribution in [0.3, 0.4) is 0 Å². The largest absolute Gasteiger partial charge is 0.490 e. The highest BCUT2D eigenvalue weighted by Crippen LogP contribution is 2.26. The van der Waals surface area contributed by atoms with Crippen molar-refractivity contribution < 1.29 is 19.7 Å². The van der Waals surface area contributed by atoms with Crippen LogP contribution in [0.1, 0.15) is 38.9 Å². The lowest BCUT2D eigenvalue weighted by atomic mass is 10.1. The Morgan fingerprint density at radius 2 is 1.79 bits per heavy atom. The molecule has 0 aromatic heterocycles. The second-order valence-corrected chi connectivity index (χ2v) is 4.81. The van der Waals surface area contributed by atoms with Crippen molar-refractivity contribution in [3.05, 3.63) is 29.8 Å². The Morgan fingerprint density at radius 3 is 2.42 bits per heavy atom. The van der Waals surface area contributed by atoms with Crippen LogP contribution >= 0.6 is 0 Å². The molecule has 0 aliphatic rings. The minimum Gasteiger partial charge on any atom is -0.490 e. The van der Waals surface area contributed by atoms with Gasteiger partial charge in [0.15, 0.2) is 0 Å². The summed E-state index contributed by atoms with van der Waals surface area (Å²) in [6, 6.07) is 7.34. The van der Waals surface area contributed by atoms with Crippen molar-refractivity contribution in [2.24, 2.45) is 0 Å². The molecule has 1 aromatic rings. The molecule has 0 heterocycles. The molecule has 108 valence electrons. The van der Waals surface area contributed by atoms with E-state index >= 15 is 0 Å². The van der Waals surface area contributed by atoms with Gasteiger partial charge in [0.05, 0.1) is 18.8 Å². The Balaban J connectivity index is 2.53. The lowest BCUT2D eigenvalue weighted by Gasteiger charge is -2.18. The standard InChI is InChI=1S/C15H24O4/c1-4-14(17)13-7-5-6-8-15(13)19-10-12(16)9-18-11(2)3/h5-8,11-12,14,16-17H,4,9-10H2,1-3H3. The van der Waals surface area contributed by atoms with E-state index in [1.54, 1.807) is 6.07 Å². The quantitative estimate of drug-likeness (QED) is 0.759. The molecule has 0 spiro atoms. The van der Waals surface area contributed by atoms with Crippen LogP contribution in [0.2, 0.25) is 0 Å². The summed E-state index contributed by atoms with van der Waals surface area (Å²) < 4.78 is 10.9. The number of benzene rings is 1. The average Bonchev–Trinajstić information content (AvgIpc) is 2.42. The monoisotopic (exact) mass is 268 g/mol. The summed E-state index contributed by atoms with van der Waals surface area (Å²) in [5.41, 5.74) is 0.752. The number of aliphatic hydroxyl groups is 2. The molecule has 2 atom stereocenters. The zero-order valence-corrected chi connectivity index (χ0v) is 11.9. The highest BCUT2D eigenvalue weighted by atomic mass is 16.5. The lowest BCUT2D eigenvalue weighted by Crippen LogP contribution is -2.25. The van der Waals surface area contributed by atoms with Gasteiger partial charge in [-0.3, -0.25) is 0 Å². The number of para-hydroxylation sites is 1. The van der Waals surface area contributed by atoms with Crippen LogP contribution in [0.25, 0.3) is 0 Å². The number of aliphatic hydroxyl groups excluding tert-OH is 2. The molecule has 0 saturated heterocycles. The van der Waals surface area contributed by atoms with Crippen molar-refractivity contribution in [3.8, 4) is 5.75 Å². The summed E-state index contributed by atoms with van der Waals surface area (Å²) in [6.07, 6.45) is -0.502. The molecule has 2 unspecified atom stereocenters.